The van der Waals surface area contributed by atoms with Crippen molar-refractivity contribution in [2.75, 3.05) is 0 Å². The van der Waals surface area contributed by atoms with Crippen molar-refractivity contribution in [1.82, 2.24) is 0 Å². The molecule has 0 nitrogen and oxygen atoms in total. The Hall–Kier alpha value is 1.16. The molecule has 0 N–H and O–H groups in total. The molecule has 10 heavy (non-hydrogen) atoms. The van der Waals surface area contributed by atoms with E-state index in [1.807, 2.05) is 0 Å². The van der Waals surface area contributed by atoms with E-state index in [9.17, 15) is 0 Å². The summed E-state index contributed by atoms with van der Waals surface area (Å²) in [4.78, 5) is 7.27. The molecule has 0 fully saturated rings. The van der Waals surface area contributed by atoms with Crippen molar-refractivity contribution in [3.63, 3.8) is 0 Å². The zero-order chi connectivity index (χ0) is 6.91. The maximum Gasteiger partial charge on any atom is 0 e. The molecule has 0 heterocycles. The van der Waals surface area contributed by atoms with E-state index in [-0.39, 0.29) is 29.1 Å². The predicted molar refractivity (Wildman–Crippen MR) is 46.1 cm³/mol. The summed E-state index contributed by atoms with van der Waals surface area (Å²) in [6, 6.07) is 0. The summed E-state index contributed by atoms with van der Waals surface area (Å²) in [6.07, 6.45) is 8.92. The van der Waals surface area contributed by atoms with Crippen LogP contribution in [-0.2, 0) is 26.2 Å². The van der Waals surface area contributed by atoms with E-state index in [2.05, 4.69) is 33.0 Å². The first kappa shape index (κ1) is 11.2. The van der Waals surface area contributed by atoms with Crippen LogP contribution in [0.25, 0.3) is 0 Å². The molecule has 0 aromatic carbocycles. The molecule has 0 amide bonds. The van der Waals surface area contributed by atoms with Gasteiger partial charge in [-0.15, -0.1) is 0 Å². The Morgan fingerprint density at radius 2 is 2.10 bits per heavy atom. The van der Waals surface area contributed by atoms with Gasteiger partial charge in [-0.25, -0.2) is 0 Å². The Balaban J connectivity index is -0.000000270. The molecule has 0 saturated heterocycles. The van der Waals surface area contributed by atoms with Gasteiger partial charge < -0.3 is 2.85 Å². The van der Waals surface area contributed by atoms with Crippen LogP contribution in [0.15, 0.2) is 15.7 Å². The monoisotopic (exact) mass is 321 g/mol. The minimum absolute atomic E-state index is 0. The summed E-state index contributed by atoms with van der Waals surface area (Å²) < 4.78 is 1.56. The number of hydrogen-bond acceptors (Lipinski definition) is 0. The first-order valence-corrected chi connectivity index (χ1v) is 13.4. The third kappa shape index (κ3) is 3.04. The molecular weight excluding hydrogens is 306 g/mol. The van der Waals surface area contributed by atoms with Gasteiger partial charge in [0.15, 0.2) is 0 Å². The SMILES string of the molecule is [CH3][Sn]([CH3])([CH3])[C]1=[C-]CC=C1.[H-].[H-].[Zr]. The molecule has 0 bridgehead atoms. The first-order chi connectivity index (χ1) is 4.11. The van der Waals surface area contributed by atoms with Crippen LogP contribution in [0.5, 0.6) is 0 Å². The van der Waals surface area contributed by atoms with E-state index in [0.29, 0.717) is 0 Å². The van der Waals surface area contributed by atoms with Gasteiger partial charge in [-0.05, 0) is 0 Å². The Morgan fingerprint density at radius 3 is 2.30 bits per heavy atom. The summed E-state index contributed by atoms with van der Waals surface area (Å²) in [6.45, 7) is 0. The van der Waals surface area contributed by atoms with Gasteiger partial charge in [-0.3, -0.25) is 0 Å². The number of allylic oxidation sites excluding steroid dienone is 4. The molecule has 0 radical (unpaired) electrons. The molecule has 0 aliphatic heterocycles. The number of hydrogen-bond donors (Lipinski definition) is 0. The summed E-state index contributed by atoms with van der Waals surface area (Å²) in [5, 5.41) is 0. The van der Waals surface area contributed by atoms with Gasteiger partial charge in [0.1, 0.15) is 0 Å². The van der Waals surface area contributed by atoms with Gasteiger partial charge in [0.25, 0.3) is 0 Å². The third-order valence-electron chi connectivity index (χ3n) is 1.50. The Labute approximate surface area is 89.7 Å². The van der Waals surface area contributed by atoms with Crippen molar-refractivity contribution in [2.45, 2.75) is 21.2 Å². The molecule has 0 aromatic rings. The van der Waals surface area contributed by atoms with Crippen molar-refractivity contribution in [3.8, 4) is 0 Å². The van der Waals surface area contributed by atoms with Crippen LogP contribution in [0.4, 0.5) is 0 Å². The summed E-state index contributed by atoms with van der Waals surface area (Å²) >= 11 is -1.67. The maximum atomic E-state index is 3.40. The first-order valence-electron chi connectivity index (χ1n) is 3.38. The maximum absolute atomic E-state index is 3.40. The van der Waals surface area contributed by atoms with Crippen molar-refractivity contribution in [3.05, 3.63) is 21.8 Å². The van der Waals surface area contributed by atoms with Crippen LogP contribution in [0.1, 0.15) is 9.27 Å². The molecule has 2 heteroatoms. The average molecular weight is 321 g/mol. The van der Waals surface area contributed by atoms with E-state index in [0.717, 1.165) is 6.42 Å². The van der Waals surface area contributed by atoms with Gasteiger partial charge >= 0.3 is 61.4 Å². The standard InChI is InChI=1S/C5H4.3CH3.Sn.Zr.2H/c1-2-4-5-3-1;;;;;;;/h1-2H,3H2;3*1H3;;;;/q-1;;;;;;2*-1. The van der Waals surface area contributed by atoms with Crippen LogP contribution >= 0.6 is 0 Å². The molecule has 0 atom stereocenters. The molecule has 0 saturated carbocycles. The van der Waals surface area contributed by atoms with E-state index in [1.165, 1.54) is 0 Å². The zero-order valence-electron chi connectivity index (χ0n) is 8.86. The average Bonchev–Trinajstić information content (AvgIpc) is 2.08. The third-order valence-corrected chi connectivity index (χ3v) is 7.10. The molecule has 1 rings (SSSR count). The minimum atomic E-state index is -1.67. The summed E-state index contributed by atoms with van der Waals surface area (Å²) in [7, 11) is 0. The van der Waals surface area contributed by atoms with E-state index >= 15 is 0 Å². The fourth-order valence-corrected chi connectivity index (χ4v) is 4.49. The largest absolute Gasteiger partial charge is 1.00 e. The van der Waals surface area contributed by atoms with Crippen LogP contribution < -0.4 is 0 Å². The van der Waals surface area contributed by atoms with Gasteiger partial charge in [0, 0.05) is 26.2 Å². The second-order valence-electron chi connectivity index (χ2n) is 3.45. The van der Waals surface area contributed by atoms with Gasteiger partial charge in [0.05, 0.1) is 0 Å². The quantitative estimate of drug-likeness (QED) is 0.515. The topological polar surface area (TPSA) is 0 Å². The van der Waals surface area contributed by atoms with Gasteiger partial charge in [0.2, 0.25) is 0 Å². The van der Waals surface area contributed by atoms with Crippen molar-refractivity contribution in [1.29, 1.82) is 0 Å². The van der Waals surface area contributed by atoms with Crippen LogP contribution in [-0.4, -0.2) is 18.4 Å². The Kier molecular flexibility index (Phi) is 4.75. The van der Waals surface area contributed by atoms with Crippen LogP contribution in [0.3, 0.4) is 0 Å². The van der Waals surface area contributed by atoms with Gasteiger partial charge in [-0.1, -0.05) is 0 Å². The second kappa shape index (κ2) is 4.25. The summed E-state index contributed by atoms with van der Waals surface area (Å²) in [5.41, 5.74) is 0. The normalized spacial score (nSPS) is 16.5. The van der Waals surface area contributed by atoms with E-state index < -0.39 is 18.4 Å². The minimum Gasteiger partial charge on any atom is -1.00 e. The van der Waals surface area contributed by atoms with E-state index in [4.69, 9.17) is 0 Å². The van der Waals surface area contributed by atoms with Crippen molar-refractivity contribution < 1.29 is 29.1 Å². The van der Waals surface area contributed by atoms with Crippen LogP contribution in [0.2, 0.25) is 14.8 Å². The van der Waals surface area contributed by atoms with E-state index in [1.54, 1.807) is 3.59 Å². The fourth-order valence-electron chi connectivity index (χ4n) is 0.920. The molecular formula is C8H15SnZr-3. The molecule has 1 aliphatic rings. The Morgan fingerprint density at radius 1 is 1.50 bits per heavy atom. The molecule has 0 aromatic heterocycles. The summed E-state index contributed by atoms with van der Waals surface area (Å²) in [5.74, 6) is 0. The Bertz CT molecular complexity index is 170. The van der Waals surface area contributed by atoms with Crippen LogP contribution in [0, 0.1) is 6.08 Å². The molecule has 1 aliphatic carbocycles. The zero-order valence-corrected chi connectivity index (χ0v) is 12.2. The molecule has 0 unspecified atom stereocenters. The molecule has 0 spiro atoms. The fraction of sp³-hybridized carbons (Fsp3) is 0.500. The van der Waals surface area contributed by atoms with Gasteiger partial charge in [-0.2, -0.15) is 0 Å². The van der Waals surface area contributed by atoms with Crippen molar-refractivity contribution in [2.24, 2.45) is 0 Å². The second-order valence-corrected chi connectivity index (χ2v) is 17.8. The number of rotatable bonds is 1. The predicted octanol–water partition coefficient (Wildman–Crippen LogP) is 2.78. The smallest absolute Gasteiger partial charge is 0 e. The molecule has 58 valence electrons. The van der Waals surface area contributed by atoms with Crippen molar-refractivity contribution >= 4 is 18.4 Å².